The van der Waals surface area contributed by atoms with Crippen molar-refractivity contribution in [2.45, 2.75) is 25.5 Å². The van der Waals surface area contributed by atoms with Crippen LogP contribution in [0.3, 0.4) is 0 Å². The summed E-state index contributed by atoms with van der Waals surface area (Å²) in [5.74, 6) is 1.75. The van der Waals surface area contributed by atoms with E-state index in [0.29, 0.717) is 18.1 Å². The van der Waals surface area contributed by atoms with Gasteiger partial charge in [-0.2, -0.15) is 0 Å². The predicted molar refractivity (Wildman–Crippen MR) is 95.2 cm³/mol. The van der Waals surface area contributed by atoms with Crippen LogP contribution in [-0.4, -0.2) is 37.0 Å². The molecule has 1 aromatic carbocycles. The van der Waals surface area contributed by atoms with Crippen molar-refractivity contribution in [1.29, 1.82) is 0 Å². The van der Waals surface area contributed by atoms with Crippen molar-refractivity contribution in [3.63, 3.8) is 0 Å². The highest BCUT2D eigenvalue weighted by Gasteiger charge is 2.30. The van der Waals surface area contributed by atoms with Crippen LogP contribution >= 0.6 is 15.9 Å². The van der Waals surface area contributed by atoms with Gasteiger partial charge in [-0.1, -0.05) is 15.9 Å². The highest BCUT2D eigenvalue weighted by atomic mass is 79.9. The number of nitrogens with zero attached hydrogens (tertiary/aromatic N) is 1. The number of nitrogens with one attached hydrogen (secondary N) is 1. The number of amides is 1. The zero-order valence-corrected chi connectivity index (χ0v) is 15.2. The van der Waals surface area contributed by atoms with E-state index in [0.717, 1.165) is 36.2 Å². The van der Waals surface area contributed by atoms with Crippen LogP contribution in [0.5, 0.6) is 5.75 Å². The van der Waals surface area contributed by atoms with Gasteiger partial charge in [0.1, 0.15) is 18.1 Å². The fraction of sp³-hybridized carbons (Fsp3) is 0.389. The molecule has 2 aromatic rings. The molecule has 1 aliphatic heterocycles. The maximum absolute atomic E-state index is 12.6. The molecule has 0 spiro atoms. The fourth-order valence-electron chi connectivity index (χ4n) is 2.95. The SMILES string of the molecule is CNCC1CCCN1C(=O)c1ccc(COc2ccc(Br)cc2)o1. The molecule has 0 saturated carbocycles. The topological polar surface area (TPSA) is 54.7 Å². The van der Waals surface area contributed by atoms with E-state index < -0.39 is 0 Å². The molecule has 1 aliphatic rings. The quantitative estimate of drug-likeness (QED) is 0.817. The molecule has 2 heterocycles. The van der Waals surface area contributed by atoms with Crippen LogP contribution in [0.1, 0.15) is 29.2 Å². The number of rotatable bonds is 6. The first-order valence-electron chi connectivity index (χ1n) is 8.10. The number of ether oxygens (including phenoxy) is 1. The van der Waals surface area contributed by atoms with Gasteiger partial charge >= 0.3 is 0 Å². The zero-order chi connectivity index (χ0) is 16.9. The van der Waals surface area contributed by atoms with E-state index in [1.165, 1.54) is 0 Å². The van der Waals surface area contributed by atoms with Gasteiger partial charge in [0.25, 0.3) is 5.91 Å². The van der Waals surface area contributed by atoms with Crippen molar-refractivity contribution in [1.82, 2.24) is 10.2 Å². The molecule has 1 aromatic heterocycles. The van der Waals surface area contributed by atoms with Gasteiger partial charge in [-0.3, -0.25) is 4.79 Å². The van der Waals surface area contributed by atoms with E-state index in [1.807, 2.05) is 36.2 Å². The van der Waals surface area contributed by atoms with E-state index in [2.05, 4.69) is 21.2 Å². The normalized spacial score (nSPS) is 17.2. The minimum atomic E-state index is -0.0392. The van der Waals surface area contributed by atoms with E-state index >= 15 is 0 Å². The van der Waals surface area contributed by atoms with Gasteiger partial charge in [-0.05, 0) is 56.3 Å². The Morgan fingerprint density at radius 1 is 1.33 bits per heavy atom. The maximum atomic E-state index is 12.6. The monoisotopic (exact) mass is 392 g/mol. The Bertz CT molecular complexity index is 684. The third kappa shape index (κ3) is 3.99. The number of hydrogen-bond donors (Lipinski definition) is 1. The van der Waals surface area contributed by atoms with Crippen molar-refractivity contribution in [2.24, 2.45) is 0 Å². The number of hydrogen-bond acceptors (Lipinski definition) is 4. The molecule has 3 rings (SSSR count). The van der Waals surface area contributed by atoms with E-state index in [9.17, 15) is 4.79 Å². The lowest BCUT2D eigenvalue weighted by Crippen LogP contribution is -2.40. The van der Waals surface area contributed by atoms with Gasteiger partial charge in [0.15, 0.2) is 5.76 Å². The molecule has 1 fully saturated rings. The lowest BCUT2D eigenvalue weighted by Gasteiger charge is -2.23. The highest BCUT2D eigenvalue weighted by molar-refractivity contribution is 9.10. The van der Waals surface area contributed by atoms with Gasteiger partial charge in [0.2, 0.25) is 0 Å². The Balaban J connectivity index is 1.60. The Labute approximate surface area is 150 Å². The Morgan fingerprint density at radius 2 is 2.12 bits per heavy atom. The summed E-state index contributed by atoms with van der Waals surface area (Å²) in [7, 11) is 1.91. The molecule has 1 saturated heterocycles. The minimum Gasteiger partial charge on any atom is -0.486 e. The molecular weight excluding hydrogens is 372 g/mol. The summed E-state index contributed by atoms with van der Waals surface area (Å²) in [6.45, 7) is 1.90. The van der Waals surface area contributed by atoms with Gasteiger partial charge in [-0.25, -0.2) is 0 Å². The summed E-state index contributed by atoms with van der Waals surface area (Å²) in [5, 5.41) is 3.15. The van der Waals surface area contributed by atoms with Gasteiger partial charge in [0, 0.05) is 23.6 Å². The standard InChI is InChI=1S/C18H21BrN2O3/c1-20-11-14-3-2-10-21(14)18(22)17-9-8-16(24-17)12-23-15-6-4-13(19)5-7-15/h4-9,14,20H,2-3,10-12H2,1H3. The van der Waals surface area contributed by atoms with Gasteiger partial charge in [0.05, 0.1) is 0 Å². The molecule has 0 bridgehead atoms. The van der Waals surface area contributed by atoms with E-state index in [1.54, 1.807) is 12.1 Å². The molecule has 24 heavy (non-hydrogen) atoms. The molecule has 1 amide bonds. The predicted octanol–water partition coefficient (Wildman–Crippen LogP) is 3.45. The number of halogens is 1. The number of likely N-dealkylation sites (N-methyl/N-ethyl adjacent to an activating group) is 1. The van der Waals surface area contributed by atoms with E-state index in [-0.39, 0.29) is 11.9 Å². The molecule has 1 unspecified atom stereocenters. The zero-order valence-electron chi connectivity index (χ0n) is 13.6. The van der Waals surface area contributed by atoms with Crippen LogP contribution < -0.4 is 10.1 Å². The van der Waals surface area contributed by atoms with Crippen LogP contribution in [-0.2, 0) is 6.61 Å². The molecule has 5 nitrogen and oxygen atoms in total. The number of likely N-dealkylation sites (tertiary alicyclic amines) is 1. The van der Waals surface area contributed by atoms with Crippen molar-refractivity contribution in [2.75, 3.05) is 20.1 Å². The molecule has 0 aliphatic carbocycles. The summed E-state index contributed by atoms with van der Waals surface area (Å²) in [5.41, 5.74) is 0. The summed E-state index contributed by atoms with van der Waals surface area (Å²) in [6, 6.07) is 11.4. The second kappa shape index (κ2) is 7.85. The van der Waals surface area contributed by atoms with Crippen molar-refractivity contribution in [3.05, 3.63) is 52.4 Å². The molecule has 128 valence electrons. The fourth-order valence-corrected chi connectivity index (χ4v) is 3.21. The number of benzene rings is 1. The average Bonchev–Trinajstić information content (AvgIpc) is 3.23. The number of carbonyl (C=O) groups is 1. The Hall–Kier alpha value is -1.79. The molecule has 1 atom stereocenters. The highest BCUT2D eigenvalue weighted by Crippen LogP contribution is 2.22. The Morgan fingerprint density at radius 3 is 2.88 bits per heavy atom. The summed E-state index contributed by atoms with van der Waals surface area (Å²) in [4.78, 5) is 14.5. The summed E-state index contributed by atoms with van der Waals surface area (Å²) >= 11 is 3.39. The first-order chi connectivity index (χ1) is 11.7. The first kappa shape index (κ1) is 17.0. The average molecular weight is 393 g/mol. The largest absolute Gasteiger partial charge is 0.486 e. The van der Waals surface area contributed by atoms with E-state index in [4.69, 9.17) is 9.15 Å². The number of carbonyl (C=O) groups excluding carboxylic acids is 1. The first-order valence-corrected chi connectivity index (χ1v) is 8.89. The van der Waals surface area contributed by atoms with Crippen LogP contribution in [0.2, 0.25) is 0 Å². The molecule has 1 N–H and O–H groups in total. The van der Waals surface area contributed by atoms with Gasteiger partial charge < -0.3 is 19.4 Å². The van der Waals surface area contributed by atoms with Crippen LogP contribution in [0.25, 0.3) is 0 Å². The second-order valence-corrected chi connectivity index (χ2v) is 6.78. The smallest absolute Gasteiger partial charge is 0.289 e. The molecule has 6 heteroatoms. The lowest BCUT2D eigenvalue weighted by atomic mass is 10.2. The third-order valence-electron chi connectivity index (χ3n) is 4.14. The van der Waals surface area contributed by atoms with Gasteiger partial charge in [-0.15, -0.1) is 0 Å². The van der Waals surface area contributed by atoms with Crippen LogP contribution in [0, 0.1) is 0 Å². The minimum absolute atomic E-state index is 0.0392. The lowest BCUT2D eigenvalue weighted by molar-refractivity contribution is 0.0700. The molecule has 0 radical (unpaired) electrons. The van der Waals surface area contributed by atoms with Crippen molar-refractivity contribution < 1.29 is 13.9 Å². The van der Waals surface area contributed by atoms with Crippen LogP contribution in [0.15, 0.2) is 45.3 Å². The number of furan rings is 1. The summed E-state index contributed by atoms with van der Waals surface area (Å²) in [6.07, 6.45) is 2.07. The van der Waals surface area contributed by atoms with Crippen molar-refractivity contribution in [3.8, 4) is 5.75 Å². The third-order valence-corrected chi connectivity index (χ3v) is 4.67. The van der Waals surface area contributed by atoms with Crippen molar-refractivity contribution >= 4 is 21.8 Å². The molecular formula is C18H21BrN2O3. The summed E-state index contributed by atoms with van der Waals surface area (Å²) < 4.78 is 12.4. The Kier molecular flexibility index (Phi) is 5.58. The van der Waals surface area contributed by atoms with Crippen LogP contribution in [0.4, 0.5) is 0 Å². The maximum Gasteiger partial charge on any atom is 0.289 e. The second-order valence-electron chi connectivity index (χ2n) is 5.86.